The molecule has 0 atom stereocenters. The number of pyridine rings is 1. The lowest BCUT2D eigenvalue weighted by Crippen LogP contribution is -2.05. The van der Waals surface area contributed by atoms with Crippen LogP contribution in [0.5, 0.6) is 0 Å². The Labute approximate surface area is 83.6 Å². The summed E-state index contributed by atoms with van der Waals surface area (Å²) in [6.07, 6.45) is 0. The first-order valence-electron chi connectivity index (χ1n) is 3.56. The van der Waals surface area contributed by atoms with E-state index < -0.39 is 11.7 Å². The molecule has 1 aromatic heterocycles. The number of nitrogens with zero attached hydrogens (tertiary/aromatic N) is 2. The number of aromatic nitrogens is 1. The molecule has 0 aliphatic carbocycles. The van der Waals surface area contributed by atoms with Crippen molar-refractivity contribution in [3.05, 3.63) is 22.2 Å². The Morgan fingerprint density at radius 1 is 1.71 bits per heavy atom. The summed E-state index contributed by atoms with van der Waals surface area (Å²) in [4.78, 5) is 13.6. The Balaban J connectivity index is 3.10. The molecule has 8 heteroatoms. The maximum atomic E-state index is 10.5. The number of hydrogen-bond donors (Lipinski definition) is 3. The second-order valence-corrected chi connectivity index (χ2v) is 2.88. The molecule has 0 unspecified atom stereocenters. The average molecular weight is 216 g/mol. The first kappa shape index (κ1) is 10.7. The minimum absolute atomic E-state index is 0.162. The monoisotopic (exact) mass is 216 g/mol. The molecular formula is C6H8N4O3S. The van der Waals surface area contributed by atoms with E-state index in [2.05, 4.69) is 10.3 Å². The van der Waals surface area contributed by atoms with Crippen molar-refractivity contribution in [3.63, 3.8) is 0 Å². The minimum atomic E-state index is -0.641. The predicted octanol–water partition coefficient (Wildman–Crippen LogP) is 0.317. The maximum absolute atomic E-state index is 10.5. The molecule has 1 aromatic rings. The number of aliphatic hydroxyl groups is 1. The predicted molar refractivity (Wildman–Crippen MR) is 51.6 cm³/mol. The largest absolute Gasteiger partial charge is 0.388 e. The van der Waals surface area contributed by atoms with Gasteiger partial charge in [0.25, 0.3) is 0 Å². The Morgan fingerprint density at radius 2 is 2.43 bits per heavy atom. The van der Waals surface area contributed by atoms with Gasteiger partial charge >= 0.3 is 5.82 Å². The van der Waals surface area contributed by atoms with Crippen molar-refractivity contribution in [2.45, 2.75) is 5.03 Å². The van der Waals surface area contributed by atoms with Gasteiger partial charge in [0.05, 0.1) is 0 Å². The maximum Gasteiger partial charge on any atom is 0.388 e. The SMILES string of the molecule is NSc1ccc(NCO)c([N+](=O)[O-])n1. The van der Waals surface area contributed by atoms with E-state index in [1.165, 1.54) is 12.1 Å². The minimum Gasteiger partial charge on any atom is -0.377 e. The van der Waals surface area contributed by atoms with Crippen molar-refractivity contribution in [2.75, 3.05) is 12.0 Å². The van der Waals surface area contributed by atoms with Crippen LogP contribution in [-0.4, -0.2) is 21.7 Å². The van der Waals surface area contributed by atoms with Crippen LogP contribution < -0.4 is 10.5 Å². The molecule has 76 valence electrons. The average Bonchev–Trinajstić information content (AvgIpc) is 2.18. The fraction of sp³-hybridized carbons (Fsp3) is 0.167. The molecule has 0 spiro atoms. The fourth-order valence-electron chi connectivity index (χ4n) is 0.859. The zero-order valence-corrected chi connectivity index (χ0v) is 7.82. The number of anilines is 1. The van der Waals surface area contributed by atoms with Gasteiger partial charge in [-0.15, -0.1) is 0 Å². The summed E-state index contributed by atoms with van der Waals surface area (Å²) in [6, 6.07) is 2.96. The lowest BCUT2D eigenvalue weighted by atomic mass is 10.4. The quantitative estimate of drug-likeness (QED) is 0.287. The van der Waals surface area contributed by atoms with Crippen LogP contribution in [0.15, 0.2) is 17.2 Å². The van der Waals surface area contributed by atoms with Crippen molar-refractivity contribution >= 4 is 23.5 Å². The van der Waals surface area contributed by atoms with E-state index in [0.29, 0.717) is 5.03 Å². The van der Waals surface area contributed by atoms with E-state index in [9.17, 15) is 10.1 Å². The van der Waals surface area contributed by atoms with Crippen LogP contribution in [0.4, 0.5) is 11.5 Å². The van der Waals surface area contributed by atoms with Gasteiger partial charge in [-0.2, -0.15) is 0 Å². The summed E-state index contributed by atoms with van der Waals surface area (Å²) >= 11 is 0.821. The molecule has 1 rings (SSSR count). The van der Waals surface area contributed by atoms with Crippen LogP contribution in [-0.2, 0) is 0 Å². The highest BCUT2D eigenvalue weighted by molar-refractivity contribution is 7.97. The Morgan fingerprint density at radius 3 is 2.93 bits per heavy atom. The lowest BCUT2D eigenvalue weighted by Gasteiger charge is -2.02. The summed E-state index contributed by atoms with van der Waals surface area (Å²) in [5.74, 6) is -0.352. The zero-order valence-electron chi connectivity index (χ0n) is 7.01. The highest BCUT2D eigenvalue weighted by Crippen LogP contribution is 2.23. The summed E-state index contributed by atoms with van der Waals surface area (Å²) in [6.45, 7) is -0.391. The molecule has 4 N–H and O–H groups in total. The van der Waals surface area contributed by atoms with Gasteiger partial charge in [-0.05, 0) is 22.0 Å². The third kappa shape index (κ3) is 2.31. The third-order valence-corrected chi connectivity index (χ3v) is 1.88. The summed E-state index contributed by atoms with van der Waals surface area (Å²) < 4.78 is 0. The van der Waals surface area contributed by atoms with Crippen LogP contribution in [0.2, 0.25) is 0 Å². The molecule has 14 heavy (non-hydrogen) atoms. The van der Waals surface area contributed by atoms with E-state index >= 15 is 0 Å². The van der Waals surface area contributed by atoms with Gasteiger partial charge in [0.15, 0.2) is 0 Å². The molecule has 0 aliphatic rings. The van der Waals surface area contributed by atoms with Gasteiger partial charge in [0.2, 0.25) is 5.03 Å². The molecule has 0 bridgehead atoms. The van der Waals surface area contributed by atoms with E-state index in [1.54, 1.807) is 0 Å². The highest BCUT2D eigenvalue weighted by Gasteiger charge is 2.16. The molecule has 1 heterocycles. The number of nitro groups is 1. The number of rotatable bonds is 4. The Kier molecular flexibility index (Phi) is 3.63. The third-order valence-electron chi connectivity index (χ3n) is 1.41. The van der Waals surface area contributed by atoms with Crippen LogP contribution in [0.1, 0.15) is 0 Å². The topological polar surface area (TPSA) is 114 Å². The lowest BCUT2D eigenvalue weighted by molar-refractivity contribution is -0.389. The van der Waals surface area contributed by atoms with Gasteiger partial charge in [-0.1, -0.05) is 0 Å². The molecule has 0 aliphatic heterocycles. The van der Waals surface area contributed by atoms with Gasteiger partial charge in [-0.3, -0.25) is 5.14 Å². The number of nitrogens with two attached hydrogens (primary N) is 1. The van der Waals surface area contributed by atoms with Crippen molar-refractivity contribution in [1.82, 2.24) is 4.98 Å². The smallest absolute Gasteiger partial charge is 0.377 e. The molecule has 7 nitrogen and oxygen atoms in total. The molecule has 0 fully saturated rings. The van der Waals surface area contributed by atoms with Crippen molar-refractivity contribution in [3.8, 4) is 0 Å². The van der Waals surface area contributed by atoms with Gasteiger partial charge in [0.1, 0.15) is 12.4 Å². The van der Waals surface area contributed by atoms with E-state index in [-0.39, 0.29) is 11.5 Å². The first-order valence-corrected chi connectivity index (χ1v) is 4.44. The zero-order chi connectivity index (χ0) is 10.6. The molecule has 0 aromatic carbocycles. The molecule has 0 amide bonds. The molecule has 0 saturated heterocycles. The van der Waals surface area contributed by atoms with E-state index in [1.807, 2.05) is 0 Å². The fourth-order valence-corrected chi connectivity index (χ4v) is 1.14. The van der Waals surface area contributed by atoms with E-state index in [4.69, 9.17) is 10.2 Å². The number of hydrogen-bond acceptors (Lipinski definition) is 7. The van der Waals surface area contributed by atoms with Crippen molar-refractivity contribution in [2.24, 2.45) is 5.14 Å². The second-order valence-electron chi connectivity index (χ2n) is 2.23. The van der Waals surface area contributed by atoms with Crippen molar-refractivity contribution in [1.29, 1.82) is 0 Å². The molecule has 0 saturated carbocycles. The van der Waals surface area contributed by atoms with Crippen LogP contribution in [0.3, 0.4) is 0 Å². The van der Waals surface area contributed by atoms with Crippen LogP contribution in [0.25, 0.3) is 0 Å². The number of aliphatic hydroxyl groups excluding tert-OH is 1. The standard InChI is InChI=1S/C6H8N4O3S/c7-14-5-2-1-4(8-3-11)6(9-5)10(12)13/h1-2,8,11H,3,7H2. The Hall–Kier alpha value is -1.38. The van der Waals surface area contributed by atoms with Crippen molar-refractivity contribution < 1.29 is 10.0 Å². The normalized spacial score (nSPS) is 9.86. The van der Waals surface area contributed by atoms with Crippen LogP contribution in [0, 0.1) is 10.1 Å². The first-order chi connectivity index (χ1) is 6.69. The summed E-state index contributed by atoms with van der Waals surface area (Å²) in [5, 5.41) is 27.1. The highest BCUT2D eigenvalue weighted by atomic mass is 32.2. The second kappa shape index (κ2) is 4.74. The van der Waals surface area contributed by atoms with Gasteiger partial charge < -0.3 is 20.5 Å². The Bertz CT molecular complexity index is 346. The summed E-state index contributed by atoms with van der Waals surface area (Å²) in [5.41, 5.74) is 0.162. The molecule has 0 radical (unpaired) electrons. The molecular weight excluding hydrogens is 208 g/mol. The number of nitrogens with one attached hydrogen (secondary N) is 1. The van der Waals surface area contributed by atoms with Crippen LogP contribution >= 0.6 is 11.9 Å². The van der Waals surface area contributed by atoms with E-state index in [0.717, 1.165) is 11.9 Å². The van der Waals surface area contributed by atoms with Gasteiger partial charge in [0, 0.05) is 11.9 Å². The summed E-state index contributed by atoms with van der Waals surface area (Å²) in [7, 11) is 0. The van der Waals surface area contributed by atoms with Gasteiger partial charge in [-0.25, -0.2) is 0 Å².